The van der Waals surface area contributed by atoms with Gasteiger partial charge in [-0.3, -0.25) is 19.7 Å². The monoisotopic (exact) mass is 331 g/mol. The molecule has 2 amide bonds. The zero-order chi connectivity index (χ0) is 17.2. The van der Waals surface area contributed by atoms with Crippen LogP contribution in [0.1, 0.15) is 12.0 Å². The number of halogens is 3. The Labute approximate surface area is 128 Å². The number of rotatable bonds is 4. The van der Waals surface area contributed by atoms with Gasteiger partial charge in [-0.2, -0.15) is 13.2 Å². The van der Waals surface area contributed by atoms with Gasteiger partial charge >= 0.3 is 12.1 Å². The van der Waals surface area contributed by atoms with E-state index in [4.69, 9.17) is 0 Å². The number of nitro benzene ring substituents is 1. The summed E-state index contributed by atoms with van der Waals surface area (Å²) in [5, 5.41) is 12.2. The third-order valence-corrected chi connectivity index (χ3v) is 3.38. The van der Waals surface area contributed by atoms with Crippen molar-refractivity contribution in [2.75, 3.05) is 6.54 Å². The van der Waals surface area contributed by atoms with Crippen LogP contribution < -0.4 is 5.32 Å². The molecule has 0 saturated carbocycles. The molecule has 1 atom stereocenters. The molecule has 1 aromatic rings. The highest BCUT2D eigenvalue weighted by molar-refractivity contribution is 5.91. The Morgan fingerprint density at radius 3 is 2.48 bits per heavy atom. The van der Waals surface area contributed by atoms with Crippen molar-refractivity contribution in [3.63, 3.8) is 0 Å². The van der Waals surface area contributed by atoms with Crippen LogP contribution in [0, 0.1) is 10.1 Å². The maximum absolute atomic E-state index is 12.2. The molecule has 1 aliphatic rings. The van der Waals surface area contributed by atoms with Crippen molar-refractivity contribution < 1.29 is 27.7 Å². The molecule has 124 valence electrons. The van der Waals surface area contributed by atoms with Crippen molar-refractivity contribution >= 4 is 17.5 Å². The van der Waals surface area contributed by atoms with E-state index in [1.807, 2.05) is 0 Å². The first-order valence-electron chi connectivity index (χ1n) is 6.58. The number of non-ortho nitro benzene ring substituents is 1. The zero-order valence-electron chi connectivity index (χ0n) is 11.7. The molecule has 0 aliphatic carbocycles. The molecule has 10 heteroatoms. The number of hydrogen-bond donors (Lipinski definition) is 1. The van der Waals surface area contributed by atoms with Gasteiger partial charge in [0.2, 0.25) is 5.91 Å². The number of benzene rings is 1. The van der Waals surface area contributed by atoms with E-state index in [0.29, 0.717) is 5.56 Å². The number of nitrogens with one attached hydrogen (secondary N) is 1. The summed E-state index contributed by atoms with van der Waals surface area (Å²) in [4.78, 5) is 34.1. The Morgan fingerprint density at radius 1 is 1.35 bits per heavy atom. The molecule has 2 rings (SSSR count). The van der Waals surface area contributed by atoms with Gasteiger partial charge in [-0.05, 0) is 12.0 Å². The molecule has 1 fully saturated rings. The molecule has 0 aromatic heterocycles. The fourth-order valence-electron chi connectivity index (χ4n) is 2.21. The molecular weight excluding hydrogens is 319 g/mol. The lowest BCUT2D eigenvalue weighted by Gasteiger charge is -2.17. The average Bonchev–Trinajstić information content (AvgIpc) is 2.80. The Morgan fingerprint density at radius 2 is 1.96 bits per heavy atom. The molecule has 1 saturated heterocycles. The lowest BCUT2D eigenvalue weighted by atomic mass is 10.2. The van der Waals surface area contributed by atoms with E-state index in [2.05, 4.69) is 0 Å². The minimum absolute atomic E-state index is 0.0770. The van der Waals surface area contributed by atoms with Crippen molar-refractivity contribution in [2.24, 2.45) is 0 Å². The molecule has 1 aliphatic heterocycles. The van der Waals surface area contributed by atoms with E-state index in [0.717, 1.165) is 0 Å². The van der Waals surface area contributed by atoms with Crippen LogP contribution in [-0.4, -0.2) is 40.4 Å². The summed E-state index contributed by atoms with van der Waals surface area (Å²) >= 11 is 0. The number of nitrogens with zero attached hydrogens (tertiary/aromatic N) is 2. The summed E-state index contributed by atoms with van der Waals surface area (Å²) in [5.41, 5.74) is 0.503. The maximum atomic E-state index is 12.2. The summed E-state index contributed by atoms with van der Waals surface area (Å²) in [6.45, 7) is 0.299. The molecule has 1 heterocycles. The minimum Gasteiger partial charge on any atom is -0.336 e. The summed E-state index contributed by atoms with van der Waals surface area (Å²) in [6.07, 6.45) is -4.96. The second-order valence-electron chi connectivity index (χ2n) is 5.00. The van der Waals surface area contributed by atoms with Gasteiger partial charge in [0.25, 0.3) is 5.69 Å². The largest absolute Gasteiger partial charge is 0.471 e. The smallest absolute Gasteiger partial charge is 0.336 e. The SMILES string of the molecule is O=C1[C@@H](NC(=O)C(F)(F)F)CCN1Cc1ccc([N+](=O)[O-])cc1. The molecule has 1 aromatic carbocycles. The number of hydrogen-bond acceptors (Lipinski definition) is 4. The van der Waals surface area contributed by atoms with Gasteiger partial charge in [-0.25, -0.2) is 0 Å². The molecule has 0 unspecified atom stereocenters. The fourth-order valence-corrected chi connectivity index (χ4v) is 2.21. The molecule has 0 radical (unpaired) electrons. The van der Waals surface area contributed by atoms with Gasteiger partial charge in [0, 0.05) is 25.2 Å². The highest BCUT2D eigenvalue weighted by Gasteiger charge is 2.42. The quantitative estimate of drug-likeness (QED) is 0.666. The Balaban J connectivity index is 1.96. The van der Waals surface area contributed by atoms with E-state index >= 15 is 0 Å². The Kier molecular flexibility index (Phi) is 4.52. The van der Waals surface area contributed by atoms with Crippen LogP contribution in [-0.2, 0) is 16.1 Å². The van der Waals surface area contributed by atoms with Gasteiger partial charge in [0.15, 0.2) is 0 Å². The van der Waals surface area contributed by atoms with Crippen LogP contribution >= 0.6 is 0 Å². The molecular formula is C13H12F3N3O4. The van der Waals surface area contributed by atoms with Crippen LogP contribution in [0.15, 0.2) is 24.3 Å². The van der Waals surface area contributed by atoms with E-state index in [1.165, 1.54) is 29.2 Å². The van der Waals surface area contributed by atoms with Crippen LogP contribution in [0.4, 0.5) is 18.9 Å². The topological polar surface area (TPSA) is 92.6 Å². The molecule has 23 heavy (non-hydrogen) atoms. The van der Waals surface area contributed by atoms with Crippen molar-refractivity contribution in [1.82, 2.24) is 10.2 Å². The van der Waals surface area contributed by atoms with Gasteiger partial charge in [0.1, 0.15) is 6.04 Å². The van der Waals surface area contributed by atoms with Gasteiger partial charge < -0.3 is 10.2 Å². The van der Waals surface area contributed by atoms with Crippen LogP contribution in [0.25, 0.3) is 0 Å². The molecule has 0 bridgehead atoms. The van der Waals surface area contributed by atoms with Crippen LogP contribution in [0.2, 0.25) is 0 Å². The van der Waals surface area contributed by atoms with E-state index in [-0.39, 0.29) is 25.2 Å². The Bertz CT molecular complexity index is 630. The summed E-state index contributed by atoms with van der Waals surface area (Å²) in [5.74, 6) is -2.76. The van der Waals surface area contributed by atoms with Gasteiger partial charge in [0.05, 0.1) is 4.92 Å². The average molecular weight is 331 g/mol. The second-order valence-corrected chi connectivity index (χ2v) is 5.00. The lowest BCUT2D eigenvalue weighted by Crippen LogP contribution is -2.46. The van der Waals surface area contributed by atoms with Crippen LogP contribution in [0.5, 0.6) is 0 Å². The first-order chi connectivity index (χ1) is 10.7. The number of likely N-dealkylation sites (tertiary alicyclic amines) is 1. The van der Waals surface area contributed by atoms with Crippen molar-refractivity contribution in [3.8, 4) is 0 Å². The molecule has 0 spiro atoms. The third kappa shape index (κ3) is 3.96. The predicted molar refractivity (Wildman–Crippen MR) is 71.1 cm³/mol. The maximum Gasteiger partial charge on any atom is 0.471 e. The molecule has 7 nitrogen and oxygen atoms in total. The summed E-state index contributed by atoms with van der Waals surface area (Å²) < 4.78 is 36.6. The number of amides is 2. The van der Waals surface area contributed by atoms with Crippen molar-refractivity contribution in [1.29, 1.82) is 0 Å². The first kappa shape index (κ1) is 16.7. The van der Waals surface area contributed by atoms with E-state index in [9.17, 15) is 32.9 Å². The number of nitro groups is 1. The summed E-state index contributed by atoms with van der Waals surface area (Å²) in [6, 6.07) is 4.28. The van der Waals surface area contributed by atoms with Crippen molar-refractivity contribution in [2.45, 2.75) is 25.2 Å². The highest BCUT2D eigenvalue weighted by Crippen LogP contribution is 2.20. The lowest BCUT2D eigenvalue weighted by molar-refractivity contribution is -0.384. The first-order valence-corrected chi connectivity index (χ1v) is 6.58. The highest BCUT2D eigenvalue weighted by atomic mass is 19.4. The zero-order valence-corrected chi connectivity index (χ0v) is 11.7. The standard InChI is InChI=1S/C13H12F3N3O4/c14-13(15,16)12(21)17-10-5-6-18(11(10)20)7-8-1-3-9(4-2-8)19(22)23/h1-4,10H,5-7H2,(H,17,21)/t10-/m0/s1. The fraction of sp³-hybridized carbons (Fsp3) is 0.385. The Hall–Kier alpha value is -2.65. The van der Waals surface area contributed by atoms with Crippen LogP contribution in [0.3, 0.4) is 0 Å². The van der Waals surface area contributed by atoms with E-state index in [1.54, 1.807) is 5.32 Å². The number of carbonyl (C=O) groups excluding carboxylic acids is 2. The number of carbonyl (C=O) groups is 2. The number of alkyl halides is 3. The molecule has 1 N–H and O–H groups in total. The van der Waals surface area contributed by atoms with Crippen molar-refractivity contribution in [3.05, 3.63) is 39.9 Å². The second kappa shape index (κ2) is 6.23. The minimum atomic E-state index is -5.04. The predicted octanol–water partition coefficient (Wildman–Crippen LogP) is 1.37. The normalized spacial score (nSPS) is 18.1. The van der Waals surface area contributed by atoms with E-state index < -0.39 is 29.0 Å². The summed E-state index contributed by atoms with van der Waals surface area (Å²) in [7, 11) is 0. The van der Waals surface area contributed by atoms with Gasteiger partial charge in [-0.1, -0.05) is 12.1 Å². The van der Waals surface area contributed by atoms with Gasteiger partial charge in [-0.15, -0.1) is 0 Å². The third-order valence-electron chi connectivity index (χ3n) is 3.38.